The van der Waals surface area contributed by atoms with E-state index in [9.17, 15) is 9.59 Å². The zero-order valence-electron chi connectivity index (χ0n) is 15.6. The maximum Gasteiger partial charge on any atom is 0.409 e. The van der Waals surface area contributed by atoms with E-state index in [1.807, 2.05) is 11.8 Å². The van der Waals surface area contributed by atoms with E-state index in [1.54, 1.807) is 17.9 Å². The van der Waals surface area contributed by atoms with Gasteiger partial charge >= 0.3 is 6.09 Å². The minimum absolute atomic E-state index is 0.0548. The zero-order valence-corrected chi connectivity index (χ0v) is 15.6. The van der Waals surface area contributed by atoms with Crippen LogP contribution in [0.1, 0.15) is 42.4 Å². The number of rotatable bonds is 3. The lowest BCUT2D eigenvalue weighted by molar-refractivity contribution is 0.0699. The standard InChI is InChI=1S/C18H28N4O4/c1-3-25-18(24)22-9-5-15(6-10-22)20-7-4-8-21(12-11-20)17(23)16-13-14(2)26-19-16/h13,15H,3-12H2,1-2H3. The summed E-state index contributed by atoms with van der Waals surface area (Å²) in [7, 11) is 0. The van der Waals surface area contributed by atoms with Gasteiger partial charge in [-0.05, 0) is 33.1 Å². The lowest BCUT2D eigenvalue weighted by Crippen LogP contribution is -2.48. The molecule has 1 aromatic heterocycles. The molecule has 0 bridgehead atoms. The van der Waals surface area contributed by atoms with Crippen LogP contribution in [0.15, 0.2) is 10.6 Å². The minimum atomic E-state index is -0.207. The second-order valence-corrected chi connectivity index (χ2v) is 6.92. The molecule has 0 aliphatic carbocycles. The number of likely N-dealkylation sites (tertiary alicyclic amines) is 1. The van der Waals surface area contributed by atoms with Gasteiger partial charge in [-0.25, -0.2) is 4.79 Å². The number of carbonyl (C=O) groups excluding carboxylic acids is 2. The number of aryl methyl sites for hydroxylation is 1. The van der Waals surface area contributed by atoms with E-state index >= 15 is 0 Å². The molecule has 2 amide bonds. The van der Waals surface area contributed by atoms with Crippen LogP contribution >= 0.6 is 0 Å². The Hall–Kier alpha value is -2.09. The summed E-state index contributed by atoms with van der Waals surface area (Å²) in [5.41, 5.74) is 0.388. The number of amides is 2. The highest BCUT2D eigenvalue weighted by Gasteiger charge is 2.30. The lowest BCUT2D eigenvalue weighted by Gasteiger charge is -2.37. The van der Waals surface area contributed by atoms with Crippen LogP contribution in [0, 0.1) is 6.92 Å². The average molecular weight is 364 g/mol. The summed E-state index contributed by atoms with van der Waals surface area (Å²) in [6.07, 6.45) is 2.65. The molecule has 3 heterocycles. The van der Waals surface area contributed by atoms with Crippen LogP contribution in [0.25, 0.3) is 0 Å². The Labute approximate surface area is 154 Å². The summed E-state index contributed by atoms with van der Waals surface area (Å²) in [5.74, 6) is 0.596. The maximum atomic E-state index is 12.6. The molecule has 8 nitrogen and oxygen atoms in total. The Morgan fingerprint density at radius 3 is 2.58 bits per heavy atom. The van der Waals surface area contributed by atoms with Gasteiger partial charge in [0.05, 0.1) is 6.61 Å². The van der Waals surface area contributed by atoms with Crippen molar-refractivity contribution in [3.8, 4) is 0 Å². The second-order valence-electron chi connectivity index (χ2n) is 6.92. The Bertz CT molecular complexity index is 624. The monoisotopic (exact) mass is 364 g/mol. The number of nitrogens with zero attached hydrogens (tertiary/aromatic N) is 4. The second kappa shape index (κ2) is 8.53. The molecule has 0 saturated carbocycles. The highest BCUT2D eigenvalue weighted by molar-refractivity contribution is 5.92. The Balaban J connectivity index is 1.50. The average Bonchev–Trinajstić information content (AvgIpc) is 2.93. The number of hydrogen-bond acceptors (Lipinski definition) is 6. The maximum absolute atomic E-state index is 12.6. The molecule has 0 radical (unpaired) electrons. The first-order valence-electron chi connectivity index (χ1n) is 9.47. The van der Waals surface area contributed by atoms with Crippen molar-refractivity contribution in [1.82, 2.24) is 19.9 Å². The smallest absolute Gasteiger partial charge is 0.409 e. The lowest BCUT2D eigenvalue weighted by atomic mass is 10.0. The number of ether oxygens (including phenoxy) is 1. The molecule has 0 atom stereocenters. The molecule has 0 aromatic carbocycles. The van der Waals surface area contributed by atoms with Crippen LogP contribution in [-0.4, -0.2) is 83.8 Å². The van der Waals surface area contributed by atoms with Crippen molar-refractivity contribution < 1.29 is 18.8 Å². The quantitative estimate of drug-likeness (QED) is 0.813. The summed E-state index contributed by atoms with van der Waals surface area (Å²) in [6, 6.07) is 2.15. The third-order valence-electron chi connectivity index (χ3n) is 5.17. The molecule has 2 saturated heterocycles. The first-order chi connectivity index (χ1) is 12.6. The molecule has 144 valence electrons. The highest BCUT2D eigenvalue weighted by Crippen LogP contribution is 2.19. The van der Waals surface area contributed by atoms with Gasteiger partial charge in [0.25, 0.3) is 5.91 Å². The van der Waals surface area contributed by atoms with E-state index in [4.69, 9.17) is 9.26 Å². The van der Waals surface area contributed by atoms with Crippen molar-refractivity contribution in [2.75, 3.05) is 45.9 Å². The third-order valence-corrected chi connectivity index (χ3v) is 5.17. The topological polar surface area (TPSA) is 79.1 Å². The third kappa shape index (κ3) is 4.35. The summed E-state index contributed by atoms with van der Waals surface area (Å²) in [6.45, 7) is 8.78. The molecular weight excluding hydrogens is 336 g/mol. The molecule has 0 N–H and O–H groups in total. The van der Waals surface area contributed by atoms with Crippen LogP contribution in [-0.2, 0) is 4.74 Å². The molecule has 0 spiro atoms. The zero-order chi connectivity index (χ0) is 18.5. The van der Waals surface area contributed by atoms with Crippen molar-refractivity contribution in [3.63, 3.8) is 0 Å². The predicted molar refractivity (Wildman–Crippen MR) is 95.0 cm³/mol. The number of hydrogen-bond donors (Lipinski definition) is 0. The molecule has 26 heavy (non-hydrogen) atoms. The van der Waals surface area contributed by atoms with Crippen molar-refractivity contribution in [2.24, 2.45) is 0 Å². The first kappa shape index (κ1) is 18.7. The van der Waals surface area contributed by atoms with Gasteiger partial charge in [-0.3, -0.25) is 9.69 Å². The molecule has 1 aromatic rings. The van der Waals surface area contributed by atoms with Gasteiger partial charge in [0.1, 0.15) is 5.76 Å². The van der Waals surface area contributed by atoms with Gasteiger partial charge in [-0.15, -0.1) is 0 Å². The number of aromatic nitrogens is 1. The summed E-state index contributed by atoms with van der Waals surface area (Å²) in [4.78, 5) is 30.5. The van der Waals surface area contributed by atoms with Crippen molar-refractivity contribution >= 4 is 12.0 Å². The molecule has 2 aliphatic rings. The van der Waals surface area contributed by atoms with Gasteiger partial charge in [0.2, 0.25) is 0 Å². The molecule has 2 fully saturated rings. The van der Waals surface area contributed by atoms with E-state index < -0.39 is 0 Å². The Kier molecular flexibility index (Phi) is 6.13. The van der Waals surface area contributed by atoms with E-state index in [2.05, 4.69) is 10.1 Å². The first-order valence-corrected chi connectivity index (χ1v) is 9.47. The van der Waals surface area contributed by atoms with Crippen molar-refractivity contribution in [3.05, 3.63) is 17.5 Å². The highest BCUT2D eigenvalue weighted by atomic mass is 16.6. The van der Waals surface area contributed by atoms with E-state index in [1.165, 1.54) is 0 Å². The summed E-state index contributed by atoms with van der Waals surface area (Å²) in [5, 5.41) is 3.84. The Morgan fingerprint density at radius 2 is 1.92 bits per heavy atom. The molecule has 2 aliphatic heterocycles. The molecule has 8 heteroatoms. The fourth-order valence-corrected chi connectivity index (χ4v) is 3.76. The molecule has 3 rings (SSSR count). The normalized spacial score (nSPS) is 20.1. The van der Waals surface area contributed by atoms with Gasteiger partial charge in [-0.1, -0.05) is 5.16 Å². The SMILES string of the molecule is CCOC(=O)N1CCC(N2CCCN(C(=O)c3cc(C)on3)CC2)CC1. The predicted octanol–water partition coefficient (Wildman–Crippen LogP) is 1.75. The van der Waals surface area contributed by atoms with Crippen LogP contribution in [0.5, 0.6) is 0 Å². The number of piperidine rings is 1. The van der Waals surface area contributed by atoms with Crippen molar-refractivity contribution in [2.45, 2.75) is 39.2 Å². The Morgan fingerprint density at radius 1 is 1.15 bits per heavy atom. The van der Waals surface area contributed by atoms with E-state index in [-0.39, 0.29) is 12.0 Å². The van der Waals surface area contributed by atoms with Gasteiger partial charge < -0.3 is 19.1 Å². The summed E-state index contributed by atoms with van der Waals surface area (Å²) >= 11 is 0. The van der Waals surface area contributed by atoms with Crippen LogP contribution in [0.4, 0.5) is 4.79 Å². The van der Waals surface area contributed by atoms with Gasteiger partial charge in [-0.2, -0.15) is 0 Å². The molecular formula is C18H28N4O4. The van der Waals surface area contributed by atoms with Crippen LogP contribution in [0.2, 0.25) is 0 Å². The molecule has 0 unspecified atom stereocenters. The van der Waals surface area contributed by atoms with Crippen LogP contribution < -0.4 is 0 Å². The van der Waals surface area contributed by atoms with E-state index in [0.29, 0.717) is 30.6 Å². The van der Waals surface area contributed by atoms with Crippen LogP contribution in [0.3, 0.4) is 0 Å². The fourth-order valence-electron chi connectivity index (χ4n) is 3.76. The number of carbonyl (C=O) groups is 2. The minimum Gasteiger partial charge on any atom is -0.450 e. The van der Waals surface area contributed by atoms with Gasteiger partial charge in [0.15, 0.2) is 5.69 Å². The summed E-state index contributed by atoms with van der Waals surface area (Å²) < 4.78 is 10.1. The van der Waals surface area contributed by atoms with E-state index in [0.717, 1.165) is 52.0 Å². The van der Waals surface area contributed by atoms with Crippen molar-refractivity contribution in [1.29, 1.82) is 0 Å². The largest absolute Gasteiger partial charge is 0.450 e. The fraction of sp³-hybridized carbons (Fsp3) is 0.722. The van der Waals surface area contributed by atoms with Gasteiger partial charge in [0, 0.05) is 51.4 Å².